The molecule has 88 valence electrons. The number of carbonyl (C=O) groups excluding carboxylic acids is 1. The third-order valence-corrected chi connectivity index (χ3v) is 2.03. The molecule has 0 bridgehead atoms. The number of rotatable bonds is 3. The summed E-state index contributed by atoms with van der Waals surface area (Å²) in [6.07, 6.45) is -0.661. The van der Waals surface area contributed by atoms with E-state index in [2.05, 4.69) is 5.32 Å². The maximum Gasteiger partial charge on any atom is 0.407 e. The van der Waals surface area contributed by atoms with Crippen molar-refractivity contribution in [1.82, 2.24) is 5.32 Å². The predicted octanol–water partition coefficient (Wildman–Crippen LogP) is 3.02. The Hall–Kier alpha value is -1.58. The van der Waals surface area contributed by atoms with Crippen molar-refractivity contribution < 1.29 is 13.9 Å². The van der Waals surface area contributed by atoms with Crippen molar-refractivity contribution in [2.75, 3.05) is 0 Å². The van der Waals surface area contributed by atoms with E-state index in [1.807, 2.05) is 0 Å². The van der Waals surface area contributed by atoms with Gasteiger partial charge in [-0.25, -0.2) is 9.18 Å². The Morgan fingerprint density at radius 2 is 2.06 bits per heavy atom. The van der Waals surface area contributed by atoms with E-state index < -0.39 is 6.09 Å². The lowest BCUT2D eigenvalue weighted by Gasteiger charge is -2.15. The van der Waals surface area contributed by atoms with Crippen LogP contribution in [0.3, 0.4) is 0 Å². The molecule has 1 amide bonds. The molecule has 1 N–H and O–H groups in total. The molecule has 0 radical (unpaired) electrons. The molecule has 0 aliphatic carbocycles. The average molecular weight is 225 g/mol. The number of benzene rings is 1. The second kappa shape index (κ2) is 5.49. The quantitative estimate of drug-likeness (QED) is 0.858. The van der Waals surface area contributed by atoms with Gasteiger partial charge in [0.25, 0.3) is 0 Å². The molecule has 1 unspecified atom stereocenters. The molecule has 0 aliphatic rings. The molecule has 1 rings (SSSR count). The molecule has 0 saturated carbocycles. The number of halogens is 1. The van der Waals surface area contributed by atoms with E-state index >= 15 is 0 Å². The van der Waals surface area contributed by atoms with E-state index in [9.17, 15) is 9.18 Å². The van der Waals surface area contributed by atoms with Gasteiger partial charge in [0.1, 0.15) is 5.82 Å². The molecule has 1 aromatic carbocycles. The maximum absolute atomic E-state index is 12.9. The van der Waals surface area contributed by atoms with Crippen LogP contribution in [0.4, 0.5) is 9.18 Å². The van der Waals surface area contributed by atoms with Crippen molar-refractivity contribution in [2.24, 2.45) is 0 Å². The fourth-order valence-electron chi connectivity index (χ4n) is 1.28. The van der Waals surface area contributed by atoms with Crippen LogP contribution in [0.5, 0.6) is 0 Å². The zero-order valence-corrected chi connectivity index (χ0v) is 9.66. The van der Waals surface area contributed by atoms with E-state index in [1.165, 1.54) is 12.1 Å². The smallest absolute Gasteiger partial charge is 0.407 e. The number of ether oxygens (including phenoxy) is 1. The molecule has 3 nitrogen and oxygen atoms in total. The molecule has 1 atom stereocenters. The van der Waals surface area contributed by atoms with Gasteiger partial charge in [-0.05, 0) is 38.5 Å². The van der Waals surface area contributed by atoms with Crippen molar-refractivity contribution in [3.05, 3.63) is 35.6 Å². The van der Waals surface area contributed by atoms with Crippen LogP contribution < -0.4 is 5.32 Å². The maximum atomic E-state index is 12.9. The van der Waals surface area contributed by atoms with Gasteiger partial charge in [-0.1, -0.05) is 12.1 Å². The highest BCUT2D eigenvalue weighted by Gasteiger charge is 2.11. The summed E-state index contributed by atoms with van der Waals surface area (Å²) in [7, 11) is 0. The molecule has 1 aromatic rings. The molecule has 0 aromatic heterocycles. The minimum absolute atomic E-state index is 0.167. The average Bonchev–Trinajstić information content (AvgIpc) is 2.16. The second-order valence-electron chi connectivity index (χ2n) is 3.88. The van der Waals surface area contributed by atoms with Crippen molar-refractivity contribution in [2.45, 2.75) is 32.9 Å². The Kier molecular flexibility index (Phi) is 4.28. The van der Waals surface area contributed by atoms with Crippen molar-refractivity contribution in [3.63, 3.8) is 0 Å². The fourth-order valence-corrected chi connectivity index (χ4v) is 1.28. The SMILES string of the molecule is CC(C)OC(=O)NC(C)c1cccc(F)c1. The number of hydrogen-bond donors (Lipinski definition) is 1. The third kappa shape index (κ3) is 3.88. The molecule has 0 heterocycles. The molecule has 0 saturated heterocycles. The molecule has 0 aliphatic heterocycles. The van der Waals surface area contributed by atoms with Crippen LogP contribution in [0.2, 0.25) is 0 Å². The molecule has 0 fully saturated rings. The highest BCUT2D eigenvalue weighted by molar-refractivity contribution is 5.68. The number of nitrogens with one attached hydrogen (secondary N) is 1. The van der Waals surface area contributed by atoms with Gasteiger partial charge < -0.3 is 10.1 Å². The first-order valence-electron chi connectivity index (χ1n) is 5.21. The number of carbonyl (C=O) groups is 1. The van der Waals surface area contributed by atoms with Crippen LogP contribution >= 0.6 is 0 Å². The Morgan fingerprint density at radius 1 is 1.38 bits per heavy atom. The van der Waals surface area contributed by atoms with Crippen LogP contribution in [0.25, 0.3) is 0 Å². The van der Waals surface area contributed by atoms with Gasteiger partial charge in [0.05, 0.1) is 12.1 Å². The first-order valence-corrected chi connectivity index (χ1v) is 5.21. The van der Waals surface area contributed by atoms with E-state index in [4.69, 9.17) is 4.74 Å². The highest BCUT2D eigenvalue weighted by Crippen LogP contribution is 2.13. The zero-order chi connectivity index (χ0) is 12.1. The summed E-state index contributed by atoms with van der Waals surface area (Å²) in [4.78, 5) is 11.3. The van der Waals surface area contributed by atoms with Gasteiger partial charge in [-0.3, -0.25) is 0 Å². The summed E-state index contributed by atoms with van der Waals surface area (Å²) >= 11 is 0. The summed E-state index contributed by atoms with van der Waals surface area (Å²) in [6, 6.07) is 5.84. The summed E-state index contributed by atoms with van der Waals surface area (Å²) in [5.41, 5.74) is 0.709. The van der Waals surface area contributed by atoms with Crippen LogP contribution in [-0.2, 0) is 4.74 Å². The first kappa shape index (κ1) is 12.5. The second-order valence-corrected chi connectivity index (χ2v) is 3.88. The van der Waals surface area contributed by atoms with Gasteiger partial charge in [-0.2, -0.15) is 0 Å². The minimum atomic E-state index is -0.494. The largest absolute Gasteiger partial charge is 0.447 e. The topological polar surface area (TPSA) is 38.3 Å². The Bertz CT molecular complexity index is 366. The van der Waals surface area contributed by atoms with Crippen LogP contribution in [0.1, 0.15) is 32.4 Å². The lowest BCUT2D eigenvalue weighted by molar-refractivity contribution is 0.113. The lowest BCUT2D eigenvalue weighted by Crippen LogP contribution is -2.29. The fraction of sp³-hybridized carbons (Fsp3) is 0.417. The highest BCUT2D eigenvalue weighted by atomic mass is 19.1. The van der Waals surface area contributed by atoms with E-state index in [0.717, 1.165) is 0 Å². The van der Waals surface area contributed by atoms with Gasteiger partial charge in [0.15, 0.2) is 0 Å². The van der Waals surface area contributed by atoms with Gasteiger partial charge in [-0.15, -0.1) is 0 Å². The number of amides is 1. The summed E-state index contributed by atoms with van der Waals surface area (Å²) in [5.74, 6) is -0.316. The monoisotopic (exact) mass is 225 g/mol. The normalized spacial score (nSPS) is 12.3. The summed E-state index contributed by atoms with van der Waals surface area (Å²) in [5, 5.41) is 2.63. The molecule has 4 heteroatoms. The minimum Gasteiger partial charge on any atom is -0.447 e. The number of hydrogen-bond acceptors (Lipinski definition) is 2. The predicted molar refractivity (Wildman–Crippen MR) is 59.6 cm³/mol. The van der Waals surface area contributed by atoms with Crippen LogP contribution in [-0.4, -0.2) is 12.2 Å². The molecule has 0 spiro atoms. The van der Waals surface area contributed by atoms with Gasteiger partial charge >= 0.3 is 6.09 Å². The van der Waals surface area contributed by atoms with Gasteiger partial charge in [0.2, 0.25) is 0 Å². The summed E-state index contributed by atoms with van der Waals surface area (Å²) in [6.45, 7) is 5.31. The Balaban J connectivity index is 2.58. The Labute approximate surface area is 94.6 Å². The molecular weight excluding hydrogens is 209 g/mol. The van der Waals surface area contributed by atoms with Crippen molar-refractivity contribution >= 4 is 6.09 Å². The van der Waals surface area contributed by atoms with Gasteiger partial charge in [0, 0.05) is 0 Å². The Morgan fingerprint density at radius 3 is 2.62 bits per heavy atom. The zero-order valence-electron chi connectivity index (χ0n) is 9.66. The number of alkyl carbamates (subject to hydrolysis) is 1. The van der Waals surface area contributed by atoms with E-state index in [-0.39, 0.29) is 18.0 Å². The van der Waals surface area contributed by atoms with E-state index in [0.29, 0.717) is 5.56 Å². The summed E-state index contributed by atoms with van der Waals surface area (Å²) < 4.78 is 17.9. The van der Waals surface area contributed by atoms with Crippen molar-refractivity contribution in [1.29, 1.82) is 0 Å². The standard InChI is InChI=1S/C12H16FNO2/c1-8(2)16-12(15)14-9(3)10-5-4-6-11(13)7-10/h4-9H,1-3H3,(H,14,15). The van der Waals surface area contributed by atoms with Crippen LogP contribution in [0.15, 0.2) is 24.3 Å². The molecule has 16 heavy (non-hydrogen) atoms. The molecular formula is C12H16FNO2. The van der Waals surface area contributed by atoms with Crippen molar-refractivity contribution in [3.8, 4) is 0 Å². The third-order valence-electron chi connectivity index (χ3n) is 2.03. The van der Waals surface area contributed by atoms with Crippen LogP contribution in [0, 0.1) is 5.82 Å². The van der Waals surface area contributed by atoms with E-state index in [1.54, 1.807) is 32.9 Å². The first-order chi connectivity index (χ1) is 7.49. The lowest BCUT2D eigenvalue weighted by atomic mass is 10.1.